The average molecular weight is 773 g/mol. The first-order valence-electron chi connectivity index (χ1n) is 15.9. The molecule has 0 amide bonds. The van der Waals surface area contributed by atoms with E-state index in [1.165, 1.54) is 95.8 Å². The van der Waals surface area contributed by atoms with Gasteiger partial charge in [0.25, 0.3) is 0 Å². The van der Waals surface area contributed by atoms with Crippen LogP contribution in [0.25, 0.3) is 43.8 Å². The van der Waals surface area contributed by atoms with Crippen LogP contribution in [0.1, 0.15) is 89.0 Å². The number of benzene rings is 4. The van der Waals surface area contributed by atoms with E-state index in [2.05, 4.69) is 171 Å². The molecule has 1 unspecified atom stereocenters. The van der Waals surface area contributed by atoms with Crippen molar-refractivity contribution in [2.75, 3.05) is 0 Å². The van der Waals surface area contributed by atoms with Crippen LogP contribution < -0.4 is 0 Å². The molecule has 0 spiro atoms. The molecule has 0 saturated carbocycles. The van der Waals surface area contributed by atoms with Crippen LogP contribution in [-0.4, -0.2) is 6.88 Å². The molecule has 6 rings (SSSR count). The first kappa shape index (κ1) is 45.8. The van der Waals surface area contributed by atoms with Crippen molar-refractivity contribution in [2.24, 2.45) is 0 Å². The van der Waals surface area contributed by atoms with Crippen molar-refractivity contribution in [1.29, 1.82) is 0 Å². The standard InChI is InChI=1S/C22H25.C20H21.2CH3.2ClH.Si.Zr/c1-15(2)18-13-17-7-6-8-20(21(17)14-18)16-9-11-19(12-10-16)22(3,4)5;1-4-15(3)16-8-10-17(11-9-16)19-7-5-6-18-12-14(2)13-20(18)19;;;;;;/h6-15H,1-5H3;5-13,15H,4H2,1-3H3;2*1H3;2*1H;;/q4*-1;;;;. The van der Waals surface area contributed by atoms with Gasteiger partial charge in [-0.05, 0) is 45.9 Å². The van der Waals surface area contributed by atoms with Crippen molar-refractivity contribution in [3.05, 3.63) is 146 Å². The van der Waals surface area contributed by atoms with Gasteiger partial charge in [-0.15, -0.1) is 93.9 Å². The molecule has 0 fully saturated rings. The first-order chi connectivity index (χ1) is 21.0. The fraction of sp³-hybridized carbons (Fsp3) is 0.273. The van der Waals surface area contributed by atoms with Gasteiger partial charge in [0.2, 0.25) is 0 Å². The Hall–Kier alpha value is -2.22. The average Bonchev–Trinajstić information content (AvgIpc) is 3.65. The molecule has 1 atom stereocenters. The summed E-state index contributed by atoms with van der Waals surface area (Å²) in [4.78, 5) is 0. The Bertz CT molecular complexity index is 1800. The molecule has 0 saturated heterocycles. The monoisotopic (exact) mass is 770 g/mol. The molecular weight excluding hydrogens is 719 g/mol. The molecule has 0 aliphatic carbocycles. The zero-order valence-corrected chi connectivity index (χ0v) is 35.7. The summed E-state index contributed by atoms with van der Waals surface area (Å²) in [6.45, 7) is 21.0. The number of hydrogen-bond acceptors (Lipinski definition) is 0. The molecule has 0 aliphatic heterocycles. The molecule has 256 valence electrons. The van der Waals surface area contributed by atoms with Gasteiger partial charge < -0.3 is 14.9 Å². The normalized spacial score (nSPS) is 11.0. The van der Waals surface area contributed by atoms with Crippen molar-refractivity contribution < 1.29 is 23.3 Å². The van der Waals surface area contributed by atoms with Gasteiger partial charge >= 0.3 is 30.2 Å². The summed E-state index contributed by atoms with van der Waals surface area (Å²) >= 11 is 1.36. The summed E-state index contributed by atoms with van der Waals surface area (Å²) in [6.07, 6.45) is 1.19. The first-order valence-corrected chi connectivity index (χ1v) is 20.1. The van der Waals surface area contributed by atoms with E-state index >= 15 is 0 Å². The number of fused-ring (bicyclic) bond motifs is 2. The van der Waals surface area contributed by atoms with E-state index in [-0.39, 0.29) is 45.1 Å². The van der Waals surface area contributed by atoms with Crippen molar-refractivity contribution in [2.45, 2.75) is 79.1 Å². The second kappa shape index (κ2) is 20.5. The van der Waals surface area contributed by atoms with Crippen molar-refractivity contribution >= 4 is 53.2 Å². The zero-order chi connectivity index (χ0) is 32.0. The van der Waals surface area contributed by atoms with Crippen molar-refractivity contribution in [3.8, 4) is 22.3 Å². The molecule has 6 aromatic carbocycles. The minimum atomic E-state index is 0. The summed E-state index contributed by atoms with van der Waals surface area (Å²) in [7, 11) is 0. The van der Waals surface area contributed by atoms with Crippen LogP contribution in [-0.2, 0) is 28.8 Å². The molecule has 2 radical (unpaired) electrons. The maximum atomic E-state index is 3.06. The number of aryl methyl sites for hydroxylation is 1. The Kier molecular flexibility index (Phi) is 19.5. The molecule has 0 N–H and O–H groups in total. The summed E-state index contributed by atoms with van der Waals surface area (Å²) in [5.41, 5.74) is 11.1. The molecule has 4 heteroatoms. The van der Waals surface area contributed by atoms with E-state index in [4.69, 9.17) is 0 Å². The van der Waals surface area contributed by atoms with E-state index in [9.17, 15) is 0 Å². The Morgan fingerprint density at radius 1 is 0.667 bits per heavy atom. The Morgan fingerprint density at radius 2 is 1.12 bits per heavy atom. The number of hydrogen-bond donors (Lipinski definition) is 0. The summed E-state index contributed by atoms with van der Waals surface area (Å²) < 4.78 is 0. The number of halogens is 2. The SMILES string of the molecule is CC(C)c1cc2c(-c3ccc(C(C)(C)C)cc3)cccc2[cH-]1.CCC(C)c1ccc(-c2cccc3[cH-]c(C)cc23)cc1.Cl.Cl.[CH3-].[CH3-].[Si]=[Zr]. The predicted molar refractivity (Wildman–Crippen MR) is 219 cm³/mol. The van der Waals surface area contributed by atoms with Crippen LogP contribution in [0.2, 0.25) is 0 Å². The van der Waals surface area contributed by atoms with E-state index in [1.54, 1.807) is 0 Å². The maximum absolute atomic E-state index is 3.06. The zero-order valence-electron chi connectivity index (χ0n) is 30.6. The quantitative estimate of drug-likeness (QED) is 0.121. The molecule has 48 heavy (non-hydrogen) atoms. The van der Waals surface area contributed by atoms with Gasteiger partial charge in [-0.3, -0.25) is 0 Å². The fourth-order valence-corrected chi connectivity index (χ4v) is 5.86. The molecule has 6 aromatic rings. The van der Waals surface area contributed by atoms with Crippen LogP contribution in [0.15, 0.2) is 109 Å². The molecule has 0 heterocycles. The topological polar surface area (TPSA) is 0 Å². The third kappa shape index (κ3) is 10.9. The summed E-state index contributed by atoms with van der Waals surface area (Å²) in [5, 5.41) is 5.42. The van der Waals surface area contributed by atoms with Crippen LogP contribution >= 0.6 is 24.8 Å². The van der Waals surface area contributed by atoms with Gasteiger partial charge in [-0.2, -0.15) is 12.1 Å². The van der Waals surface area contributed by atoms with Crippen LogP contribution in [0.5, 0.6) is 0 Å². The summed E-state index contributed by atoms with van der Waals surface area (Å²) in [5.74, 6) is 1.21. The van der Waals surface area contributed by atoms with Crippen LogP contribution in [0.4, 0.5) is 0 Å². The minimum absolute atomic E-state index is 0. The molecule has 0 nitrogen and oxygen atoms in total. The Balaban J connectivity index is 0.000000813. The Labute approximate surface area is 321 Å². The second-order valence-corrected chi connectivity index (χ2v) is 13.4. The Morgan fingerprint density at radius 3 is 1.58 bits per heavy atom. The van der Waals surface area contributed by atoms with E-state index < -0.39 is 0 Å². The predicted octanol–water partition coefficient (Wildman–Crippen LogP) is 14.1. The molecule has 0 aliphatic rings. The second-order valence-electron chi connectivity index (χ2n) is 13.4. The van der Waals surface area contributed by atoms with E-state index in [0.29, 0.717) is 11.8 Å². The van der Waals surface area contributed by atoms with E-state index in [0.717, 1.165) is 0 Å². The third-order valence-corrected chi connectivity index (χ3v) is 8.80. The summed E-state index contributed by atoms with van der Waals surface area (Å²) in [6, 6.07) is 40.5. The van der Waals surface area contributed by atoms with Gasteiger partial charge in [0.05, 0.1) is 0 Å². The third-order valence-electron chi connectivity index (χ3n) is 8.80. The van der Waals surface area contributed by atoms with E-state index in [1.807, 2.05) is 0 Å². The van der Waals surface area contributed by atoms with Crippen molar-refractivity contribution in [3.63, 3.8) is 0 Å². The molecule has 0 bridgehead atoms. The van der Waals surface area contributed by atoms with Crippen LogP contribution in [0.3, 0.4) is 0 Å². The van der Waals surface area contributed by atoms with Gasteiger partial charge in [0, 0.05) is 0 Å². The molecular formula is C44H54Cl2SiZr-4. The van der Waals surface area contributed by atoms with Gasteiger partial charge in [-0.1, -0.05) is 127 Å². The molecule has 0 aromatic heterocycles. The van der Waals surface area contributed by atoms with Gasteiger partial charge in [0.15, 0.2) is 0 Å². The van der Waals surface area contributed by atoms with Crippen molar-refractivity contribution in [1.82, 2.24) is 0 Å². The fourth-order valence-electron chi connectivity index (χ4n) is 5.86. The van der Waals surface area contributed by atoms with Gasteiger partial charge in [0.1, 0.15) is 0 Å². The van der Waals surface area contributed by atoms with Crippen LogP contribution in [0, 0.1) is 21.8 Å². The van der Waals surface area contributed by atoms with Gasteiger partial charge in [-0.25, -0.2) is 0 Å². The number of rotatable bonds is 5.